The molecule has 0 fully saturated rings. The topological polar surface area (TPSA) is 35.2 Å². The molecular weight excluding hydrogens is 285 g/mol. The first kappa shape index (κ1) is 11.9. The lowest BCUT2D eigenvalue weighted by Crippen LogP contribution is -1.96. The SMILES string of the molecule is Nc1ccc(OCc2cc(F)cc(Br)c2)cc1. The van der Waals surface area contributed by atoms with E-state index in [1.807, 2.05) is 6.07 Å². The first-order chi connectivity index (χ1) is 8.13. The maximum atomic E-state index is 13.1. The highest BCUT2D eigenvalue weighted by Gasteiger charge is 2.00. The fraction of sp³-hybridized carbons (Fsp3) is 0.0769. The standard InChI is InChI=1S/C13H11BrFNO/c14-10-5-9(6-11(15)7-10)8-17-13-3-1-12(16)2-4-13/h1-7H,8,16H2. The highest BCUT2D eigenvalue weighted by atomic mass is 79.9. The van der Waals surface area contributed by atoms with E-state index < -0.39 is 0 Å². The Hall–Kier alpha value is -1.55. The van der Waals surface area contributed by atoms with Crippen LogP contribution in [-0.2, 0) is 6.61 Å². The van der Waals surface area contributed by atoms with Crippen LogP contribution in [0.2, 0.25) is 0 Å². The number of halogens is 2. The summed E-state index contributed by atoms with van der Waals surface area (Å²) < 4.78 is 19.3. The van der Waals surface area contributed by atoms with E-state index in [4.69, 9.17) is 10.5 Å². The van der Waals surface area contributed by atoms with E-state index >= 15 is 0 Å². The summed E-state index contributed by atoms with van der Waals surface area (Å²) in [6, 6.07) is 11.8. The van der Waals surface area contributed by atoms with Crippen molar-refractivity contribution in [1.29, 1.82) is 0 Å². The Balaban J connectivity index is 2.04. The lowest BCUT2D eigenvalue weighted by molar-refractivity contribution is 0.305. The molecule has 88 valence electrons. The summed E-state index contributed by atoms with van der Waals surface area (Å²) in [7, 11) is 0. The summed E-state index contributed by atoms with van der Waals surface area (Å²) in [6.07, 6.45) is 0. The van der Waals surface area contributed by atoms with Crippen molar-refractivity contribution in [3.63, 3.8) is 0 Å². The molecule has 2 rings (SSSR count). The van der Waals surface area contributed by atoms with E-state index in [1.54, 1.807) is 24.3 Å². The van der Waals surface area contributed by atoms with Gasteiger partial charge in [0.25, 0.3) is 0 Å². The normalized spacial score (nSPS) is 10.2. The summed E-state index contributed by atoms with van der Waals surface area (Å²) in [5.41, 5.74) is 7.02. The van der Waals surface area contributed by atoms with Gasteiger partial charge in [-0.25, -0.2) is 4.39 Å². The first-order valence-corrected chi connectivity index (χ1v) is 5.86. The van der Waals surface area contributed by atoms with Gasteiger partial charge in [-0.3, -0.25) is 0 Å². The zero-order chi connectivity index (χ0) is 12.3. The van der Waals surface area contributed by atoms with Crippen LogP contribution in [0, 0.1) is 5.82 Å². The van der Waals surface area contributed by atoms with Crippen molar-refractivity contribution < 1.29 is 9.13 Å². The molecule has 0 saturated carbocycles. The van der Waals surface area contributed by atoms with Crippen molar-refractivity contribution in [2.45, 2.75) is 6.61 Å². The monoisotopic (exact) mass is 295 g/mol. The van der Waals surface area contributed by atoms with E-state index in [0.29, 0.717) is 22.5 Å². The van der Waals surface area contributed by atoms with Gasteiger partial charge in [0, 0.05) is 10.2 Å². The van der Waals surface area contributed by atoms with Gasteiger partial charge in [0.1, 0.15) is 18.2 Å². The third kappa shape index (κ3) is 3.46. The van der Waals surface area contributed by atoms with Crippen molar-refractivity contribution in [3.8, 4) is 5.75 Å². The number of benzene rings is 2. The predicted octanol–water partition coefficient (Wildman–Crippen LogP) is 3.75. The van der Waals surface area contributed by atoms with Crippen molar-refractivity contribution >= 4 is 21.6 Å². The zero-order valence-electron chi connectivity index (χ0n) is 8.99. The van der Waals surface area contributed by atoms with Gasteiger partial charge in [-0.15, -0.1) is 0 Å². The summed E-state index contributed by atoms with van der Waals surface area (Å²) in [5, 5.41) is 0. The zero-order valence-corrected chi connectivity index (χ0v) is 10.6. The predicted molar refractivity (Wildman–Crippen MR) is 69.3 cm³/mol. The number of ether oxygens (including phenoxy) is 1. The Morgan fingerprint density at radius 2 is 1.82 bits per heavy atom. The summed E-state index contributed by atoms with van der Waals surface area (Å²) >= 11 is 3.24. The summed E-state index contributed by atoms with van der Waals surface area (Å²) in [6.45, 7) is 0.320. The van der Waals surface area contributed by atoms with Crippen molar-refractivity contribution in [1.82, 2.24) is 0 Å². The van der Waals surface area contributed by atoms with Crippen LogP contribution in [0.5, 0.6) is 5.75 Å². The fourth-order valence-electron chi connectivity index (χ4n) is 1.43. The second-order valence-electron chi connectivity index (χ2n) is 3.64. The number of anilines is 1. The molecule has 0 atom stereocenters. The van der Waals surface area contributed by atoms with E-state index in [0.717, 1.165) is 5.56 Å². The van der Waals surface area contributed by atoms with E-state index in [1.165, 1.54) is 12.1 Å². The van der Waals surface area contributed by atoms with Crippen LogP contribution in [0.3, 0.4) is 0 Å². The lowest BCUT2D eigenvalue weighted by atomic mass is 10.2. The molecule has 0 aliphatic carbocycles. The molecule has 17 heavy (non-hydrogen) atoms. The second-order valence-corrected chi connectivity index (χ2v) is 4.55. The molecule has 0 radical (unpaired) electrons. The molecule has 0 amide bonds. The summed E-state index contributed by atoms with van der Waals surface area (Å²) in [4.78, 5) is 0. The Bertz CT molecular complexity index is 493. The molecule has 0 aromatic heterocycles. The Kier molecular flexibility index (Phi) is 3.64. The van der Waals surface area contributed by atoms with Crippen molar-refractivity contribution in [2.24, 2.45) is 0 Å². The molecule has 0 bridgehead atoms. The Morgan fingerprint density at radius 1 is 1.12 bits per heavy atom. The molecule has 0 saturated heterocycles. The molecule has 0 unspecified atom stereocenters. The third-order valence-corrected chi connectivity index (χ3v) is 2.67. The van der Waals surface area contributed by atoms with E-state index in [-0.39, 0.29) is 5.82 Å². The minimum absolute atomic E-state index is 0.282. The van der Waals surface area contributed by atoms with Gasteiger partial charge in [0.15, 0.2) is 0 Å². The largest absolute Gasteiger partial charge is 0.489 e. The average molecular weight is 296 g/mol. The average Bonchev–Trinajstić information content (AvgIpc) is 2.27. The smallest absolute Gasteiger partial charge is 0.124 e. The number of hydrogen-bond donors (Lipinski definition) is 1. The fourth-order valence-corrected chi connectivity index (χ4v) is 1.94. The first-order valence-electron chi connectivity index (χ1n) is 5.07. The van der Waals surface area contributed by atoms with Crippen LogP contribution < -0.4 is 10.5 Å². The quantitative estimate of drug-likeness (QED) is 0.875. The van der Waals surface area contributed by atoms with Crippen LogP contribution in [-0.4, -0.2) is 0 Å². The number of nitrogen functional groups attached to an aromatic ring is 1. The molecule has 0 aliphatic rings. The third-order valence-electron chi connectivity index (χ3n) is 2.21. The number of nitrogens with two attached hydrogens (primary N) is 1. The van der Waals surface area contributed by atoms with Gasteiger partial charge in [-0.1, -0.05) is 15.9 Å². The molecule has 0 spiro atoms. The number of rotatable bonds is 3. The Morgan fingerprint density at radius 3 is 2.47 bits per heavy atom. The molecule has 2 aromatic rings. The van der Waals surface area contributed by atoms with Crippen LogP contribution in [0.1, 0.15) is 5.56 Å². The highest BCUT2D eigenvalue weighted by Crippen LogP contribution is 2.18. The highest BCUT2D eigenvalue weighted by molar-refractivity contribution is 9.10. The maximum absolute atomic E-state index is 13.1. The van der Waals surface area contributed by atoms with Gasteiger partial charge in [0.2, 0.25) is 0 Å². The molecule has 0 aliphatic heterocycles. The van der Waals surface area contributed by atoms with Gasteiger partial charge >= 0.3 is 0 Å². The molecule has 2 nitrogen and oxygen atoms in total. The van der Waals surface area contributed by atoms with Crippen LogP contribution in [0.4, 0.5) is 10.1 Å². The van der Waals surface area contributed by atoms with E-state index in [9.17, 15) is 4.39 Å². The minimum Gasteiger partial charge on any atom is -0.489 e. The van der Waals surface area contributed by atoms with Crippen molar-refractivity contribution in [2.75, 3.05) is 5.73 Å². The molecule has 2 N–H and O–H groups in total. The molecule has 0 heterocycles. The minimum atomic E-state index is -0.282. The van der Waals surface area contributed by atoms with Crippen LogP contribution in [0.15, 0.2) is 46.9 Å². The number of hydrogen-bond acceptors (Lipinski definition) is 2. The Labute approximate surface area is 107 Å². The van der Waals surface area contributed by atoms with Crippen LogP contribution >= 0.6 is 15.9 Å². The van der Waals surface area contributed by atoms with Crippen LogP contribution in [0.25, 0.3) is 0 Å². The van der Waals surface area contributed by atoms with Gasteiger partial charge in [-0.05, 0) is 48.0 Å². The van der Waals surface area contributed by atoms with Gasteiger partial charge in [0.05, 0.1) is 0 Å². The van der Waals surface area contributed by atoms with E-state index in [2.05, 4.69) is 15.9 Å². The van der Waals surface area contributed by atoms with Crippen molar-refractivity contribution in [3.05, 3.63) is 58.3 Å². The van der Waals surface area contributed by atoms with Gasteiger partial charge in [-0.2, -0.15) is 0 Å². The van der Waals surface area contributed by atoms with Gasteiger partial charge < -0.3 is 10.5 Å². The molecule has 2 aromatic carbocycles. The molecule has 4 heteroatoms. The summed E-state index contributed by atoms with van der Waals surface area (Å²) in [5.74, 6) is 0.426. The lowest BCUT2D eigenvalue weighted by Gasteiger charge is -2.07. The molecular formula is C13H11BrFNO. The maximum Gasteiger partial charge on any atom is 0.124 e. The second kappa shape index (κ2) is 5.19.